The lowest BCUT2D eigenvalue weighted by Crippen LogP contribution is -2.63. The number of hydrogen-bond donors (Lipinski definition) is 1. The van der Waals surface area contributed by atoms with E-state index in [0.717, 1.165) is 47.6 Å². The lowest BCUT2D eigenvalue weighted by atomic mass is 9.98. The molecule has 1 aliphatic rings. The van der Waals surface area contributed by atoms with Crippen LogP contribution in [0.25, 0.3) is 11.0 Å². The van der Waals surface area contributed by atoms with Crippen molar-refractivity contribution >= 4 is 46.8 Å². The summed E-state index contributed by atoms with van der Waals surface area (Å²) in [4.78, 5) is 79.8. The van der Waals surface area contributed by atoms with Crippen LogP contribution in [0.4, 0.5) is 0 Å². The number of benzene rings is 1. The fourth-order valence-electron chi connectivity index (χ4n) is 3.81. The zero-order valence-corrected chi connectivity index (χ0v) is 24.0. The van der Waals surface area contributed by atoms with Gasteiger partial charge in [0.25, 0.3) is 5.97 Å². The predicted molar refractivity (Wildman–Crippen MR) is 140 cm³/mol. The van der Waals surface area contributed by atoms with Crippen LogP contribution in [0.1, 0.15) is 41.5 Å². The second kappa shape index (κ2) is 15.3. The number of aliphatic carboxylic acids is 1. The Balaban J connectivity index is 0.00000151. The number of carbonyl (C=O) groups excluding carboxylic acids is 5. The molecule has 2 heterocycles. The molecule has 2 aromatic rings. The summed E-state index contributed by atoms with van der Waals surface area (Å²) in [5.74, 6) is -4.99. The standard InChI is InChI=1S/C25H26O14.C2H4O2/c1-11(26)32-10-20-22(34-13(3)28)23(35-14(4)29)24(36-15(5)30)25(39-20)38-18-8-16-6-7-21(31)37-17(16)9-19(18)33-12(2)27;1-2(3)4/h6-9,20,22-25H,10H2,1-5H3;1H3,(H,3,4)/t20-,22-,23+,24-,25-;/m1./s1. The number of esters is 5. The highest BCUT2D eigenvalue weighted by molar-refractivity contribution is 5.82. The molecule has 0 amide bonds. The fraction of sp³-hybridized carbons (Fsp3) is 0.444. The highest BCUT2D eigenvalue weighted by Gasteiger charge is 2.53. The molecule has 0 unspecified atom stereocenters. The van der Waals surface area contributed by atoms with Crippen LogP contribution in [-0.2, 0) is 52.5 Å². The van der Waals surface area contributed by atoms with E-state index < -0.39 is 78.8 Å². The summed E-state index contributed by atoms with van der Waals surface area (Å²) < 4.78 is 43.3. The highest BCUT2D eigenvalue weighted by atomic mass is 16.7. The Hall–Kier alpha value is -4.99. The number of ether oxygens (including phenoxy) is 7. The molecule has 16 nitrogen and oxygen atoms in total. The van der Waals surface area contributed by atoms with Crippen LogP contribution in [0.15, 0.2) is 33.5 Å². The van der Waals surface area contributed by atoms with Gasteiger partial charge < -0.3 is 42.7 Å². The van der Waals surface area contributed by atoms with E-state index in [1.165, 1.54) is 18.2 Å². The number of hydrogen-bond acceptors (Lipinski definition) is 15. The van der Waals surface area contributed by atoms with Crippen LogP contribution < -0.4 is 15.1 Å². The average Bonchev–Trinajstić information content (AvgIpc) is 2.85. The molecule has 1 aromatic heterocycles. The third-order valence-electron chi connectivity index (χ3n) is 5.13. The zero-order chi connectivity index (χ0) is 32.4. The van der Waals surface area contributed by atoms with Crippen LogP contribution in [-0.4, -0.2) is 78.2 Å². The summed E-state index contributed by atoms with van der Waals surface area (Å²) >= 11 is 0. The van der Waals surface area contributed by atoms with Gasteiger partial charge in [-0.1, -0.05) is 0 Å². The van der Waals surface area contributed by atoms with Gasteiger partial charge in [0.05, 0.1) is 0 Å². The molecule has 0 radical (unpaired) electrons. The molecule has 1 aliphatic heterocycles. The van der Waals surface area contributed by atoms with E-state index in [-0.39, 0.29) is 17.1 Å². The van der Waals surface area contributed by atoms with Crippen molar-refractivity contribution in [2.75, 3.05) is 6.61 Å². The summed E-state index contributed by atoms with van der Waals surface area (Å²) in [7, 11) is 0. The van der Waals surface area contributed by atoms with Crippen LogP contribution in [0, 0.1) is 0 Å². The number of rotatable bonds is 8. The van der Waals surface area contributed by atoms with Crippen molar-refractivity contribution in [1.82, 2.24) is 0 Å². The van der Waals surface area contributed by atoms with E-state index in [1.54, 1.807) is 0 Å². The number of fused-ring (bicyclic) bond motifs is 1. The zero-order valence-electron chi connectivity index (χ0n) is 24.0. The molecule has 16 heteroatoms. The first kappa shape index (κ1) is 34.2. The fourth-order valence-corrected chi connectivity index (χ4v) is 3.81. The van der Waals surface area contributed by atoms with E-state index in [2.05, 4.69) is 0 Å². The van der Waals surface area contributed by atoms with E-state index in [9.17, 15) is 28.8 Å². The monoisotopic (exact) mass is 610 g/mol. The van der Waals surface area contributed by atoms with Crippen molar-refractivity contribution in [3.05, 3.63) is 34.7 Å². The van der Waals surface area contributed by atoms with Gasteiger partial charge in [0.2, 0.25) is 12.4 Å². The Morgan fingerprint density at radius 1 is 0.744 bits per heavy atom. The lowest BCUT2D eigenvalue weighted by molar-refractivity contribution is -0.288. The normalized spacial score (nSPS) is 20.8. The average molecular weight is 611 g/mol. The number of carboxylic acid groups (broad SMARTS) is 1. The predicted octanol–water partition coefficient (Wildman–Crippen LogP) is 1.27. The maximum absolute atomic E-state index is 12.0. The van der Waals surface area contributed by atoms with Crippen molar-refractivity contribution in [3.63, 3.8) is 0 Å². The number of carboxylic acids is 1. The molecule has 1 N–H and O–H groups in total. The van der Waals surface area contributed by atoms with Crippen molar-refractivity contribution in [1.29, 1.82) is 0 Å². The van der Waals surface area contributed by atoms with Gasteiger partial charge in [0.1, 0.15) is 18.3 Å². The van der Waals surface area contributed by atoms with Crippen LogP contribution in [0.2, 0.25) is 0 Å². The minimum atomic E-state index is -1.58. The summed E-state index contributed by atoms with van der Waals surface area (Å²) in [6.07, 6.45) is -7.19. The van der Waals surface area contributed by atoms with Gasteiger partial charge in [-0.05, 0) is 12.1 Å². The first-order chi connectivity index (χ1) is 20.1. The maximum Gasteiger partial charge on any atom is 0.336 e. The van der Waals surface area contributed by atoms with E-state index in [1.807, 2.05) is 0 Å². The molecular formula is C27H30O16. The lowest BCUT2D eigenvalue weighted by Gasteiger charge is -2.44. The van der Waals surface area contributed by atoms with Gasteiger partial charge in [-0.2, -0.15) is 0 Å². The van der Waals surface area contributed by atoms with Crippen LogP contribution in [0.3, 0.4) is 0 Å². The largest absolute Gasteiger partial charge is 0.481 e. The molecule has 5 atom stereocenters. The molecule has 0 saturated carbocycles. The molecule has 1 aromatic carbocycles. The number of carbonyl (C=O) groups is 6. The van der Waals surface area contributed by atoms with Crippen molar-refractivity contribution in [3.8, 4) is 11.5 Å². The Kier molecular flexibility index (Phi) is 12.2. The minimum Gasteiger partial charge on any atom is -0.481 e. The van der Waals surface area contributed by atoms with Gasteiger partial charge in [0, 0.05) is 59.1 Å². The first-order valence-electron chi connectivity index (χ1n) is 12.5. The summed E-state index contributed by atoms with van der Waals surface area (Å²) in [5, 5.41) is 7.78. The Morgan fingerprint density at radius 2 is 1.30 bits per heavy atom. The smallest absolute Gasteiger partial charge is 0.336 e. The third-order valence-corrected chi connectivity index (χ3v) is 5.13. The van der Waals surface area contributed by atoms with Crippen LogP contribution >= 0.6 is 0 Å². The molecule has 3 rings (SSSR count). The molecule has 0 bridgehead atoms. The Morgan fingerprint density at radius 3 is 1.84 bits per heavy atom. The van der Waals surface area contributed by atoms with Gasteiger partial charge in [-0.3, -0.25) is 28.8 Å². The van der Waals surface area contributed by atoms with E-state index in [0.29, 0.717) is 5.39 Å². The van der Waals surface area contributed by atoms with Gasteiger partial charge in [-0.25, -0.2) is 4.79 Å². The summed E-state index contributed by atoms with van der Waals surface area (Å²) in [6.45, 7) is 6.15. The van der Waals surface area contributed by atoms with Crippen molar-refractivity contribution in [2.45, 2.75) is 72.2 Å². The molecule has 43 heavy (non-hydrogen) atoms. The third kappa shape index (κ3) is 10.7. The minimum absolute atomic E-state index is 0.0765. The van der Waals surface area contributed by atoms with Gasteiger partial charge in [-0.15, -0.1) is 0 Å². The van der Waals surface area contributed by atoms with Crippen molar-refractivity contribution < 1.29 is 71.4 Å². The Bertz CT molecular complexity index is 1420. The maximum atomic E-state index is 12.0. The Labute approximate surface area is 243 Å². The second-order valence-electron chi connectivity index (χ2n) is 8.89. The molecule has 0 spiro atoms. The molecule has 234 valence electrons. The molecule has 1 fully saturated rings. The SMILES string of the molecule is CC(=O)O.CC(=O)OC[C@H]1O[C@@H](Oc2cc3ccc(=O)oc3cc2OC(C)=O)[C@H](OC(C)=O)[C@@H](OC(C)=O)[C@@H]1OC(C)=O. The van der Waals surface area contributed by atoms with Crippen molar-refractivity contribution in [2.24, 2.45) is 0 Å². The summed E-state index contributed by atoms with van der Waals surface area (Å²) in [6, 6.07) is 5.19. The van der Waals surface area contributed by atoms with Crippen LogP contribution in [0.5, 0.6) is 11.5 Å². The first-order valence-corrected chi connectivity index (χ1v) is 12.5. The molecule has 0 aliphatic carbocycles. The topological polar surface area (TPSA) is 217 Å². The summed E-state index contributed by atoms with van der Waals surface area (Å²) in [5.41, 5.74) is -0.572. The molecular weight excluding hydrogens is 580 g/mol. The van der Waals surface area contributed by atoms with Gasteiger partial charge in [0.15, 0.2) is 23.7 Å². The van der Waals surface area contributed by atoms with Gasteiger partial charge >= 0.3 is 35.5 Å². The van der Waals surface area contributed by atoms with E-state index >= 15 is 0 Å². The highest BCUT2D eigenvalue weighted by Crippen LogP contribution is 2.37. The quantitative estimate of drug-likeness (QED) is 0.192. The van der Waals surface area contributed by atoms with E-state index in [4.69, 9.17) is 47.5 Å². The second-order valence-corrected chi connectivity index (χ2v) is 8.89. The molecule has 1 saturated heterocycles.